The van der Waals surface area contributed by atoms with Crippen molar-refractivity contribution in [2.75, 3.05) is 11.0 Å². The first kappa shape index (κ1) is 8.95. The highest BCUT2D eigenvalue weighted by molar-refractivity contribution is 7.92. The lowest BCUT2D eigenvalue weighted by Crippen LogP contribution is -2.10. The molecule has 74 valence electrons. The third-order valence-corrected chi connectivity index (χ3v) is 2.17. The van der Waals surface area contributed by atoms with Crippen LogP contribution in [0.3, 0.4) is 0 Å². The number of hydrogen-bond donors (Lipinski definition) is 2. The van der Waals surface area contributed by atoms with Crippen LogP contribution in [-0.2, 0) is 10.0 Å². The maximum atomic E-state index is 10.9. The number of sulfonamides is 1. The van der Waals surface area contributed by atoms with Crippen molar-refractivity contribution in [3.8, 4) is 0 Å². The Bertz CT molecular complexity index is 560. The van der Waals surface area contributed by atoms with E-state index in [0.29, 0.717) is 11.0 Å². The van der Waals surface area contributed by atoms with Crippen molar-refractivity contribution in [1.29, 1.82) is 0 Å². The normalized spacial score (nSPS) is 11.8. The first-order valence-corrected chi connectivity index (χ1v) is 5.72. The molecule has 2 N–H and O–H groups in total. The fourth-order valence-corrected chi connectivity index (χ4v) is 1.59. The minimum absolute atomic E-state index is 0.225. The summed E-state index contributed by atoms with van der Waals surface area (Å²) in [5.74, 6) is 0.225. The topological polar surface area (TPSA) is 87.7 Å². The molecule has 2 aromatic heterocycles. The highest BCUT2D eigenvalue weighted by Crippen LogP contribution is 2.17. The molecule has 2 heterocycles. The Morgan fingerprint density at radius 3 is 3.00 bits per heavy atom. The fourth-order valence-electron chi connectivity index (χ4n) is 1.10. The average Bonchev–Trinajstić information content (AvgIpc) is 2.47. The Labute approximate surface area is 80.4 Å². The third-order valence-electron chi connectivity index (χ3n) is 1.60. The van der Waals surface area contributed by atoms with Gasteiger partial charge in [0.05, 0.1) is 11.8 Å². The molecule has 0 saturated heterocycles. The molecule has 6 nitrogen and oxygen atoms in total. The summed E-state index contributed by atoms with van der Waals surface area (Å²) in [4.78, 5) is 4.00. The quantitative estimate of drug-likeness (QED) is 0.750. The molecule has 0 aromatic carbocycles. The van der Waals surface area contributed by atoms with Crippen LogP contribution in [0, 0.1) is 0 Å². The average molecular weight is 212 g/mol. The molecule has 7 heteroatoms. The second-order valence-electron chi connectivity index (χ2n) is 2.85. The summed E-state index contributed by atoms with van der Waals surface area (Å²) in [5, 5.41) is 6.47. The molecular formula is C7H8N4O2S. The molecule has 0 saturated carbocycles. The van der Waals surface area contributed by atoms with E-state index in [1.54, 1.807) is 18.3 Å². The van der Waals surface area contributed by atoms with Crippen molar-refractivity contribution in [2.45, 2.75) is 0 Å². The van der Waals surface area contributed by atoms with Crippen molar-refractivity contribution in [3.05, 3.63) is 18.3 Å². The van der Waals surface area contributed by atoms with Gasteiger partial charge in [-0.1, -0.05) is 0 Å². The minimum Gasteiger partial charge on any atom is -0.274 e. The van der Waals surface area contributed by atoms with Crippen LogP contribution in [0.4, 0.5) is 5.82 Å². The van der Waals surface area contributed by atoms with Crippen LogP contribution in [-0.4, -0.2) is 29.9 Å². The zero-order chi connectivity index (χ0) is 10.2. The van der Waals surface area contributed by atoms with Gasteiger partial charge in [0.2, 0.25) is 10.0 Å². The van der Waals surface area contributed by atoms with Crippen molar-refractivity contribution >= 4 is 26.9 Å². The molecule has 0 bridgehead atoms. The molecule has 0 unspecified atom stereocenters. The Morgan fingerprint density at radius 2 is 2.29 bits per heavy atom. The van der Waals surface area contributed by atoms with E-state index in [1.807, 2.05) is 0 Å². The van der Waals surface area contributed by atoms with E-state index < -0.39 is 10.0 Å². The molecule has 0 amide bonds. The SMILES string of the molecule is CS(=O)(=O)Nc1n[nH]c2cccnc12. The van der Waals surface area contributed by atoms with Gasteiger partial charge in [0.25, 0.3) is 0 Å². The van der Waals surface area contributed by atoms with E-state index in [4.69, 9.17) is 0 Å². The molecule has 0 aliphatic heterocycles. The smallest absolute Gasteiger partial charge is 0.231 e. The summed E-state index contributed by atoms with van der Waals surface area (Å²) >= 11 is 0. The maximum absolute atomic E-state index is 10.9. The van der Waals surface area contributed by atoms with Gasteiger partial charge in [-0.15, -0.1) is 0 Å². The number of fused-ring (bicyclic) bond motifs is 1. The standard InChI is InChI=1S/C7H8N4O2S/c1-14(12,13)11-7-6-5(9-10-7)3-2-4-8-6/h2-4H,1H3,(H2,9,10,11). The second-order valence-corrected chi connectivity index (χ2v) is 4.59. The number of pyridine rings is 1. The van der Waals surface area contributed by atoms with Crippen LogP contribution in [0.2, 0.25) is 0 Å². The van der Waals surface area contributed by atoms with E-state index >= 15 is 0 Å². The van der Waals surface area contributed by atoms with E-state index in [9.17, 15) is 8.42 Å². The molecule has 0 aliphatic carbocycles. The molecule has 2 aromatic rings. The number of rotatable bonds is 2. The zero-order valence-corrected chi connectivity index (χ0v) is 8.17. The lowest BCUT2D eigenvalue weighted by molar-refractivity contribution is 0.606. The highest BCUT2D eigenvalue weighted by atomic mass is 32.2. The number of aromatic nitrogens is 3. The van der Waals surface area contributed by atoms with E-state index in [1.165, 1.54) is 0 Å². The van der Waals surface area contributed by atoms with Gasteiger partial charge in [-0.2, -0.15) is 5.10 Å². The van der Waals surface area contributed by atoms with E-state index in [-0.39, 0.29) is 5.82 Å². The van der Waals surface area contributed by atoms with Crippen molar-refractivity contribution in [2.24, 2.45) is 0 Å². The molecule has 0 radical (unpaired) electrons. The number of nitrogens with zero attached hydrogens (tertiary/aromatic N) is 2. The zero-order valence-electron chi connectivity index (χ0n) is 7.35. The second kappa shape index (κ2) is 2.95. The molecule has 0 spiro atoms. The molecule has 0 atom stereocenters. The summed E-state index contributed by atoms with van der Waals surface area (Å²) in [5.41, 5.74) is 1.21. The van der Waals surface area contributed by atoms with Crippen LogP contribution >= 0.6 is 0 Å². The van der Waals surface area contributed by atoms with Crippen molar-refractivity contribution < 1.29 is 8.42 Å². The monoisotopic (exact) mass is 212 g/mol. The lowest BCUT2D eigenvalue weighted by atomic mass is 10.4. The Morgan fingerprint density at radius 1 is 1.50 bits per heavy atom. The fraction of sp³-hybridized carbons (Fsp3) is 0.143. The third kappa shape index (κ3) is 1.67. The van der Waals surface area contributed by atoms with Crippen molar-refractivity contribution in [1.82, 2.24) is 15.2 Å². The van der Waals surface area contributed by atoms with Gasteiger partial charge >= 0.3 is 0 Å². The van der Waals surface area contributed by atoms with E-state index in [0.717, 1.165) is 6.26 Å². The van der Waals surface area contributed by atoms with Gasteiger partial charge in [-0.05, 0) is 12.1 Å². The van der Waals surface area contributed by atoms with Crippen LogP contribution in [0.15, 0.2) is 18.3 Å². The largest absolute Gasteiger partial charge is 0.274 e. The summed E-state index contributed by atoms with van der Waals surface area (Å²) in [7, 11) is -3.31. The number of aromatic amines is 1. The highest BCUT2D eigenvalue weighted by Gasteiger charge is 2.09. The molecular weight excluding hydrogens is 204 g/mol. The summed E-state index contributed by atoms with van der Waals surface area (Å²) in [6.07, 6.45) is 2.64. The predicted molar refractivity (Wildman–Crippen MR) is 52.4 cm³/mol. The summed E-state index contributed by atoms with van der Waals surface area (Å²) in [6, 6.07) is 3.51. The van der Waals surface area contributed by atoms with E-state index in [2.05, 4.69) is 19.9 Å². The first-order valence-electron chi connectivity index (χ1n) is 3.83. The summed E-state index contributed by atoms with van der Waals surface area (Å²) < 4.78 is 24.2. The molecule has 2 rings (SSSR count). The maximum Gasteiger partial charge on any atom is 0.231 e. The Balaban J connectivity index is 2.54. The van der Waals surface area contributed by atoms with Gasteiger partial charge in [0, 0.05) is 6.20 Å². The van der Waals surface area contributed by atoms with Crippen LogP contribution < -0.4 is 4.72 Å². The van der Waals surface area contributed by atoms with Crippen molar-refractivity contribution in [3.63, 3.8) is 0 Å². The van der Waals surface area contributed by atoms with Crippen LogP contribution in [0.1, 0.15) is 0 Å². The van der Waals surface area contributed by atoms with Gasteiger partial charge in [-0.3, -0.25) is 14.8 Å². The summed E-state index contributed by atoms with van der Waals surface area (Å²) in [6.45, 7) is 0. The molecule has 14 heavy (non-hydrogen) atoms. The number of H-pyrrole nitrogens is 1. The lowest BCUT2D eigenvalue weighted by Gasteiger charge is -1.97. The molecule has 0 fully saturated rings. The van der Waals surface area contributed by atoms with Gasteiger partial charge < -0.3 is 0 Å². The Hall–Kier alpha value is -1.63. The number of nitrogens with one attached hydrogen (secondary N) is 2. The minimum atomic E-state index is -3.31. The molecule has 0 aliphatic rings. The number of anilines is 1. The van der Waals surface area contributed by atoms with Gasteiger partial charge in [0.1, 0.15) is 5.52 Å². The van der Waals surface area contributed by atoms with Crippen LogP contribution in [0.5, 0.6) is 0 Å². The number of hydrogen-bond acceptors (Lipinski definition) is 4. The van der Waals surface area contributed by atoms with Gasteiger partial charge in [-0.25, -0.2) is 8.42 Å². The Kier molecular flexibility index (Phi) is 1.88. The predicted octanol–water partition coefficient (Wildman–Crippen LogP) is 0.329. The first-order chi connectivity index (χ1) is 6.56. The van der Waals surface area contributed by atoms with Gasteiger partial charge in [0.15, 0.2) is 5.82 Å². The van der Waals surface area contributed by atoms with Crippen LogP contribution in [0.25, 0.3) is 11.0 Å².